The Hall–Kier alpha value is -2.33. The highest BCUT2D eigenvalue weighted by atomic mass is 16.6. The van der Waals surface area contributed by atoms with Crippen LogP contribution in [0.25, 0.3) is 11.1 Å². The van der Waals surface area contributed by atoms with Gasteiger partial charge in [0.15, 0.2) is 0 Å². The van der Waals surface area contributed by atoms with Crippen molar-refractivity contribution in [1.29, 1.82) is 0 Å². The second kappa shape index (κ2) is 7.49. The van der Waals surface area contributed by atoms with Crippen molar-refractivity contribution < 1.29 is 14.3 Å². The molecular formula is C20H23NO3. The number of nitrogens with zero attached hydrogens (tertiary/aromatic N) is 1. The van der Waals surface area contributed by atoms with Crippen LogP contribution in [-0.2, 0) is 9.47 Å². The predicted octanol–water partition coefficient (Wildman–Crippen LogP) is 3.90. The van der Waals surface area contributed by atoms with Crippen LogP contribution in [0.15, 0.2) is 48.5 Å². The Morgan fingerprint density at radius 3 is 2.21 bits per heavy atom. The quantitative estimate of drug-likeness (QED) is 0.756. The summed E-state index contributed by atoms with van der Waals surface area (Å²) in [5, 5.41) is 0. The minimum absolute atomic E-state index is 0.105. The zero-order valence-corrected chi connectivity index (χ0v) is 14.2. The highest BCUT2D eigenvalue weighted by molar-refractivity contribution is 5.79. The maximum absolute atomic E-state index is 12.2. The molecule has 126 valence electrons. The molecule has 2 aromatic carbocycles. The van der Waals surface area contributed by atoms with Gasteiger partial charge in [0.25, 0.3) is 0 Å². The number of rotatable bonds is 6. The molecule has 0 unspecified atom stereocenters. The molecule has 24 heavy (non-hydrogen) atoms. The number of methoxy groups -OCH3 is 1. The molecule has 0 atom stereocenters. The third-order valence-corrected chi connectivity index (χ3v) is 4.49. The minimum Gasteiger partial charge on any atom is -0.448 e. The molecule has 0 spiro atoms. The van der Waals surface area contributed by atoms with Gasteiger partial charge >= 0.3 is 6.09 Å². The maximum atomic E-state index is 12.2. The molecular weight excluding hydrogens is 302 g/mol. The van der Waals surface area contributed by atoms with Gasteiger partial charge in [-0.3, -0.25) is 0 Å². The molecule has 4 nitrogen and oxygen atoms in total. The van der Waals surface area contributed by atoms with Crippen LogP contribution in [0.3, 0.4) is 0 Å². The fraction of sp³-hybridized carbons (Fsp3) is 0.350. The van der Waals surface area contributed by atoms with E-state index >= 15 is 0 Å². The van der Waals surface area contributed by atoms with Crippen LogP contribution in [0.5, 0.6) is 0 Å². The van der Waals surface area contributed by atoms with Crippen LogP contribution in [0.4, 0.5) is 4.79 Å². The van der Waals surface area contributed by atoms with Gasteiger partial charge in [-0.2, -0.15) is 0 Å². The van der Waals surface area contributed by atoms with E-state index in [4.69, 9.17) is 9.47 Å². The van der Waals surface area contributed by atoms with Crippen LogP contribution >= 0.6 is 0 Å². The first-order chi connectivity index (χ1) is 11.7. The summed E-state index contributed by atoms with van der Waals surface area (Å²) in [4.78, 5) is 13.8. The van der Waals surface area contributed by atoms with Gasteiger partial charge in [0.1, 0.15) is 6.61 Å². The standard InChI is InChI=1S/C20H23NO3/c1-21(12-7-13-23-2)20(22)24-14-19-17-10-5-3-8-15(17)16-9-4-6-11-18(16)19/h3-6,8-11,19H,7,12-14H2,1-2H3. The second-order valence-electron chi connectivity index (χ2n) is 6.07. The highest BCUT2D eigenvalue weighted by Gasteiger charge is 2.29. The summed E-state index contributed by atoms with van der Waals surface area (Å²) in [6.07, 6.45) is 0.518. The molecule has 2 aromatic rings. The zero-order valence-electron chi connectivity index (χ0n) is 14.2. The van der Waals surface area contributed by atoms with Crippen LogP contribution in [0, 0.1) is 0 Å². The zero-order chi connectivity index (χ0) is 16.9. The average Bonchev–Trinajstić information content (AvgIpc) is 2.94. The van der Waals surface area contributed by atoms with Gasteiger partial charge in [0, 0.05) is 33.2 Å². The van der Waals surface area contributed by atoms with Crippen molar-refractivity contribution in [2.45, 2.75) is 12.3 Å². The van der Waals surface area contributed by atoms with Gasteiger partial charge in [-0.25, -0.2) is 4.79 Å². The fourth-order valence-electron chi connectivity index (χ4n) is 3.24. The number of amides is 1. The first-order valence-corrected chi connectivity index (χ1v) is 8.27. The summed E-state index contributed by atoms with van der Waals surface area (Å²) in [6.45, 7) is 1.63. The molecule has 0 aromatic heterocycles. The second-order valence-corrected chi connectivity index (χ2v) is 6.07. The smallest absolute Gasteiger partial charge is 0.409 e. The van der Waals surface area contributed by atoms with Crippen LogP contribution < -0.4 is 0 Å². The summed E-state index contributed by atoms with van der Waals surface area (Å²) >= 11 is 0. The number of ether oxygens (including phenoxy) is 2. The van der Waals surface area contributed by atoms with Crippen molar-refractivity contribution >= 4 is 6.09 Å². The molecule has 1 amide bonds. The molecule has 0 fully saturated rings. The number of fused-ring (bicyclic) bond motifs is 3. The highest BCUT2D eigenvalue weighted by Crippen LogP contribution is 2.44. The molecule has 4 heteroatoms. The third kappa shape index (κ3) is 3.29. The summed E-state index contributed by atoms with van der Waals surface area (Å²) in [6, 6.07) is 16.7. The Morgan fingerprint density at radius 2 is 1.62 bits per heavy atom. The molecule has 1 aliphatic carbocycles. The largest absolute Gasteiger partial charge is 0.448 e. The number of benzene rings is 2. The van der Waals surface area contributed by atoms with Crippen molar-refractivity contribution in [2.24, 2.45) is 0 Å². The average molecular weight is 325 g/mol. The lowest BCUT2D eigenvalue weighted by molar-refractivity contribution is 0.104. The summed E-state index contributed by atoms with van der Waals surface area (Å²) in [5.74, 6) is 0.105. The molecule has 0 saturated heterocycles. The lowest BCUT2D eigenvalue weighted by Crippen LogP contribution is -2.30. The Balaban J connectivity index is 1.68. The van der Waals surface area contributed by atoms with Crippen LogP contribution in [0.2, 0.25) is 0 Å². The van der Waals surface area contributed by atoms with Gasteiger partial charge < -0.3 is 14.4 Å². The normalized spacial score (nSPS) is 12.6. The summed E-state index contributed by atoms with van der Waals surface area (Å²) in [7, 11) is 3.42. The van der Waals surface area contributed by atoms with E-state index in [1.807, 2.05) is 24.3 Å². The number of hydrogen-bond acceptors (Lipinski definition) is 3. The van der Waals surface area contributed by atoms with E-state index in [1.165, 1.54) is 22.3 Å². The molecule has 0 saturated carbocycles. The van der Waals surface area contributed by atoms with E-state index in [9.17, 15) is 4.79 Å². The molecule has 0 heterocycles. The first-order valence-electron chi connectivity index (χ1n) is 8.27. The fourth-order valence-corrected chi connectivity index (χ4v) is 3.24. The first kappa shape index (κ1) is 16.5. The molecule has 0 radical (unpaired) electrons. The maximum Gasteiger partial charge on any atom is 0.409 e. The van der Waals surface area contributed by atoms with Crippen molar-refractivity contribution in [2.75, 3.05) is 33.9 Å². The molecule has 0 bridgehead atoms. The van der Waals surface area contributed by atoms with Gasteiger partial charge in [-0.1, -0.05) is 48.5 Å². The Kier molecular flexibility index (Phi) is 5.16. The van der Waals surface area contributed by atoms with Crippen molar-refractivity contribution in [3.63, 3.8) is 0 Å². The molecule has 3 rings (SSSR count). The Labute approximate surface area is 143 Å². The van der Waals surface area contributed by atoms with Crippen molar-refractivity contribution in [1.82, 2.24) is 4.90 Å². The number of hydrogen-bond donors (Lipinski definition) is 0. The van der Waals surface area contributed by atoms with E-state index in [-0.39, 0.29) is 12.0 Å². The van der Waals surface area contributed by atoms with Crippen molar-refractivity contribution in [3.8, 4) is 11.1 Å². The van der Waals surface area contributed by atoms with E-state index < -0.39 is 0 Å². The SMILES string of the molecule is COCCCN(C)C(=O)OCC1c2ccccc2-c2ccccc21. The predicted molar refractivity (Wildman–Crippen MR) is 94.2 cm³/mol. The third-order valence-electron chi connectivity index (χ3n) is 4.49. The molecule has 0 N–H and O–H groups in total. The van der Waals surface area contributed by atoms with Gasteiger partial charge in [0.2, 0.25) is 0 Å². The van der Waals surface area contributed by atoms with Crippen LogP contribution in [0.1, 0.15) is 23.5 Å². The summed E-state index contributed by atoms with van der Waals surface area (Å²) in [5.41, 5.74) is 4.94. The molecule has 0 aliphatic heterocycles. The van der Waals surface area contributed by atoms with E-state index in [0.717, 1.165) is 6.42 Å². The van der Waals surface area contributed by atoms with Gasteiger partial charge in [-0.15, -0.1) is 0 Å². The van der Waals surface area contributed by atoms with Crippen LogP contribution in [-0.4, -0.2) is 44.9 Å². The monoisotopic (exact) mass is 325 g/mol. The number of carbonyl (C=O) groups is 1. The Bertz CT molecular complexity index is 668. The Morgan fingerprint density at radius 1 is 1.04 bits per heavy atom. The van der Waals surface area contributed by atoms with E-state index in [0.29, 0.717) is 19.8 Å². The van der Waals surface area contributed by atoms with Crippen molar-refractivity contribution in [3.05, 3.63) is 59.7 Å². The lowest BCUT2D eigenvalue weighted by atomic mass is 9.98. The van der Waals surface area contributed by atoms with Gasteiger partial charge in [0.05, 0.1) is 0 Å². The van der Waals surface area contributed by atoms with E-state index in [1.54, 1.807) is 19.1 Å². The molecule has 1 aliphatic rings. The summed E-state index contributed by atoms with van der Waals surface area (Å²) < 4.78 is 10.6. The van der Waals surface area contributed by atoms with Gasteiger partial charge in [-0.05, 0) is 28.7 Å². The van der Waals surface area contributed by atoms with E-state index in [2.05, 4.69) is 24.3 Å². The lowest BCUT2D eigenvalue weighted by Gasteiger charge is -2.19. The number of carbonyl (C=O) groups excluding carboxylic acids is 1. The topological polar surface area (TPSA) is 38.8 Å². The minimum atomic E-state index is -0.284.